The van der Waals surface area contributed by atoms with E-state index in [0.717, 1.165) is 46.2 Å². The van der Waals surface area contributed by atoms with Gasteiger partial charge in [-0.3, -0.25) is 4.57 Å². The van der Waals surface area contributed by atoms with Crippen molar-refractivity contribution in [3.8, 4) is 34.1 Å². The molecule has 0 spiro atoms. The maximum Gasteiger partial charge on any atom is 0.137 e. The predicted molar refractivity (Wildman–Crippen MR) is 223 cm³/mol. The molecule has 0 saturated carbocycles. The molecular formula is C48H54N4O. The zero-order valence-electron chi connectivity index (χ0n) is 33.6. The summed E-state index contributed by atoms with van der Waals surface area (Å²) in [4.78, 5) is 4.87. The van der Waals surface area contributed by atoms with Gasteiger partial charge in [0.25, 0.3) is 0 Å². The molecule has 0 fully saturated rings. The second-order valence-electron chi connectivity index (χ2n) is 17.5. The minimum absolute atomic E-state index is 0.117. The van der Waals surface area contributed by atoms with Gasteiger partial charge in [-0.1, -0.05) is 91.3 Å². The van der Waals surface area contributed by atoms with Crippen molar-refractivity contribution in [1.82, 2.24) is 19.3 Å². The van der Waals surface area contributed by atoms with Crippen molar-refractivity contribution < 1.29 is 4.74 Å². The van der Waals surface area contributed by atoms with Crippen LogP contribution in [0.15, 0.2) is 91.1 Å². The first-order chi connectivity index (χ1) is 25.0. The molecule has 0 atom stereocenters. The smallest absolute Gasteiger partial charge is 0.137 e. The number of aromatic nitrogens is 4. The van der Waals surface area contributed by atoms with Gasteiger partial charge in [-0.15, -0.1) is 0 Å². The van der Waals surface area contributed by atoms with Crippen LogP contribution in [0.25, 0.3) is 44.4 Å². The van der Waals surface area contributed by atoms with E-state index in [9.17, 15) is 0 Å². The molecule has 0 unspecified atom stereocenters. The third-order valence-electron chi connectivity index (χ3n) is 10.3. The van der Waals surface area contributed by atoms with E-state index in [1.807, 2.05) is 6.20 Å². The SMILES string of the molecule is Cc1cc(C)c(-c2c(C)nn(-c3cc(Oc4ccc5c6ccccc6n(-c6cc(CC(C)C)ccn6)c5c4)cc(C(C)(C)C)c3)c2C(C)(C)C)c(C)c1. The van der Waals surface area contributed by atoms with Crippen molar-refractivity contribution in [3.05, 3.63) is 130 Å². The highest BCUT2D eigenvalue weighted by molar-refractivity contribution is 6.09. The number of aryl methyl sites for hydroxylation is 4. The van der Waals surface area contributed by atoms with E-state index in [-0.39, 0.29) is 10.8 Å². The van der Waals surface area contributed by atoms with Crippen molar-refractivity contribution in [2.45, 2.75) is 100 Å². The molecule has 0 N–H and O–H groups in total. The van der Waals surface area contributed by atoms with Gasteiger partial charge in [0.2, 0.25) is 0 Å². The lowest BCUT2D eigenvalue weighted by molar-refractivity contribution is 0.477. The van der Waals surface area contributed by atoms with E-state index in [0.29, 0.717) is 5.92 Å². The first-order valence-electron chi connectivity index (χ1n) is 19.0. The second-order valence-corrected chi connectivity index (χ2v) is 17.5. The van der Waals surface area contributed by atoms with Crippen LogP contribution < -0.4 is 4.74 Å². The summed E-state index contributed by atoms with van der Waals surface area (Å²) < 4.78 is 11.3. The zero-order valence-corrected chi connectivity index (χ0v) is 33.6. The highest BCUT2D eigenvalue weighted by Crippen LogP contribution is 2.42. The summed E-state index contributed by atoms with van der Waals surface area (Å²) in [6.07, 6.45) is 2.94. The number of hydrogen-bond donors (Lipinski definition) is 0. The average Bonchev–Trinajstić information content (AvgIpc) is 3.58. The Balaban J connectivity index is 1.39. The van der Waals surface area contributed by atoms with Crippen molar-refractivity contribution in [2.24, 2.45) is 5.92 Å². The average molecular weight is 703 g/mol. The van der Waals surface area contributed by atoms with Gasteiger partial charge in [-0.05, 0) is 116 Å². The van der Waals surface area contributed by atoms with Gasteiger partial charge in [0, 0.05) is 40.1 Å². The highest BCUT2D eigenvalue weighted by Gasteiger charge is 2.30. The topological polar surface area (TPSA) is 44.9 Å². The van der Waals surface area contributed by atoms with E-state index in [1.165, 1.54) is 55.4 Å². The van der Waals surface area contributed by atoms with Crippen molar-refractivity contribution in [2.75, 3.05) is 0 Å². The molecule has 5 nitrogen and oxygen atoms in total. The van der Waals surface area contributed by atoms with Gasteiger partial charge in [-0.2, -0.15) is 5.10 Å². The van der Waals surface area contributed by atoms with Crippen LogP contribution in [0.4, 0.5) is 0 Å². The second kappa shape index (κ2) is 13.4. The third-order valence-corrected chi connectivity index (χ3v) is 10.3. The van der Waals surface area contributed by atoms with Crippen LogP contribution in [0.2, 0.25) is 0 Å². The number of rotatable bonds is 7. The third kappa shape index (κ3) is 6.90. The summed E-state index contributed by atoms with van der Waals surface area (Å²) >= 11 is 0. The maximum atomic E-state index is 6.87. The minimum atomic E-state index is -0.182. The molecule has 53 heavy (non-hydrogen) atoms. The number of fused-ring (bicyclic) bond motifs is 3. The Hall–Kier alpha value is -5.16. The largest absolute Gasteiger partial charge is 0.457 e. The first kappa shape index (κ1) is 36.2. The Morgan fingerprint density at radius 1 is 0.679 bits per heavy atom. The van der Waals surface area contributed by atoms with E-state index in [2.05, 4.69) is 177 Å². The molecule has 3 heterocycles. The fourth-order valence-electron chi connectivity index (χ4n) is 8.06. The molecule has 5 heteroatoms. The Morgan fingerprint density at radius 3 is 2.06 bits per heavy atom. The molecular weight excluding hydrogens is 649 g/mol. The van der Waals surface area contributed by atoms with Crippen LogP contribution in [0.1, 0.15) is 94.6 Å². The Labute approximate surface area is 315 Å². The molecule has 7 rings (SSSR count). The molecule has 4 aromatic carbocycles. The van der Waals surface area contributed by atoms with Gasteiger partial charge >= 0.3 is 0 Å². The number of hydrogen-bond acceptors (Lipinski definition) is 3. The first-order valence-corrected chi connectivity index (χ1v) is 19.0. The summed E-state index contributed by atoms with van der Waals surface area (Å²) in [6.45, 7) is 26.9. The molecule has 0 radical (unpaired) electrons. The van der Waals surface area contributed by atoms with E-state index >= 15 is 0 Å². The van der Waals surface area contributed by atoms with Crippen LogP contribution in [-0.2, 0) is 17.3 Å². The summed E-state index contributed by atoms with van der Waals surface area (Å²) in [5.74, 6) is 3.03. The van der Waals surface area contributed by atoms with Crippen LogP contribution in [0, 0.1) is 33.6 Å². The highest BCUT2D eigenvalue weighted by atomic mass is 16.5. The molecule has 0 aliphatic heterocycles. The Kier molecular flexibility index (Phi) is 9.13. The van der Waals surface area contributed by atoms with E-state index in [4.69, 9.17) is 14.8 Å². The summed E-state index contributed by atoms with van der Waals surface area (Å²) in [7, 11) is 0. The Morgan fingerprint density at radius 2 is 1.38 bits per heavy atom. The quantitative estimate of drug-likeness (QED) is 0.166. The van der Waals surface area contributed by atoms with Crippen LogP contribution >= 0.6 is 0 Å². The van der Waals surface area contributed by atoms with Gasteiger partial charge in [0.05, 0.1) is 28.1 Å². The summed E-state index contributed by atoms with van der Waals surface area (Å²) in [5, 5.41) is 7.65. The number of ether oxygens (including phenoxy) is 1. The molecule has 0 bridgehead atoms. The van der Waals surface area contributed by atoms with E-state index < -0.39 is 0 Å². The number of pyridine rings is 1. The van der Waals surface area contributed by atoms with Gasteiger partial charge in [0.1, 0.15) is 17.3 Å². The fraction of sp³-hybridized carbons (Fsp3) is 0.333. The fourth-order valence-corrected chi connectivity index (χ4v) is 8.06. The number of para-hydroxylation sites is 1. The summed E-state index contributed by atoms with van der Waals surface area (Å²) in [6, 6.07) is 30.5. The molecule has 0 aliphatic rings. The van der Waals surface area contributed by atoms with Gasteiger partial charge < -0.3 is 4.74 Å². The molecule has 0 amide bonds. The molecule has 3 aromatic heterocycles. The maximum absolute atomic E-state index is 6.87. The van der Waals surface area contributed by atoms with Crippen LogP contribution in [0.5, 0.6) is 11.5 Å². The van der Waals surface area contributed by atoms with E-state index in [1.54, 1.807) is 0 Å². The lowest BCUT2D eigenvalue weighted by atomic mass is 9.83. The predicted octanol–water partition coefficient (Wildman–Crippen LogP) is 12.9. The lowest BCUT2D eigenvalue weighted by Crippen LogP contribution is -2.20. The molecule has 272 valence electrons. The van der Waals surface area contributed by atoms with Crippen LogP contribution in [0.3, 0.4) is 0 Å². The Bertz CT molecular complexity index is 2470. The minimum Gasteiger partial charge on any atom is -0.457 e. The van der Waals surface area contributed by atoms with Gasteiger partial charge in [-0.25, -0.2) is 9.67 Å². The van der Waals surface area contributed by atoms with Crippen molar-refractivity contribution in [3.63, 3.8) is 0 Å². The monoisotopic (exact) mass is 702 g/mol. The zero-order chi connectivity index (χ0) is 38.0. The lowest BCUT2D eigenvalue weighted by Gasteiger charge is -2.26. The van der Waals surface area contributed by atoms with Crippen molar-refractivity contribution >= 4 is 21.8 Å². The van der Waals surface area contributed by atoms with Crippen molar-refractivity contribution in [1.29, 1.82) is 0 Å². The molecule has 0 aliphatic carbocycles. The van der Waals surface area contributed by atoms with Crippen LogP contribution in [-0.4, -0.2) is 19.3 Å². The standard InChI is InChI=1S/C48H54N4O/c1-29(2)21-34-19-20-49-43(24-34)51-41-16-14-13-15-39(41)40-18-17-37(28-42(40)51)53-38-26-35(47(7,8)9)25-36(27-38)52-46(48(10,11)12)45(33(6)50-52)44-31(4)22-30(3)23-32(44)5/h13-20,22-29H,21H2,1-12H3. The normalized spacial score (nSPS) is 12.4. The number of nitrogens with zero attached hydrogens (tertiary/aromatic N) is 4. The van der Waals surface area contributed by atoms with Gasteiger partial charge in [0.15, 0.2) is 0 Å². The molecule has 7 aromatic rings. The molecule has 0 saturated heterocycles. The summed E-state index contributed by atoms with van der Waals surface area (Å²) in [5.41, 5.74) is 13.9. The number of benzene rings is 4.